The van der Waals surface area contributed by atoms with Gasteiger partial charge in [-0.2, -0.15) is 4.98 Å². The third kappa shape index (κ3) is 4.23. The van der Waals surface area contributed by atoms with Crippen LogP contribution in [0.2, 0.25) is 10.0 Å². The molecule has 1 aliphatic rings. The van der Waals surface area contributed by atoms with Gasteiger partial charge >= 0.3 is 0 Å². The van der Waals surface area contributed by atoms with Gasteiger partial charge < -0.3 is 14.8 Å². The highest BCUT2D eigenvalue weighted by Gasteiger charge is 2.25. The van der Waals surface area contributed by atoms with Crippen molar-refractivity contribution in [3.8, 4) is 22.8 Å². The van der Waals surface area contributed by atoms with E-state index in [2.05, 4.69) is 15.4 Å². The summed E-state index contributed by atoms with van der Waals surface area (Å²) in [6.07, 6.45) is 1.22. The predicted molar refractivity (Wildman–Crippen MR) is 123 cm³/mol. The van der Waals surface area contributed by atoms with Crippen LogP contribution in [0.15, 0.2) is 53.6 Å². The monoisotopic (exact) mass is 504 g/mol. The van der Waals surface area contributed by atoms with Crippen LogP contribution in [0.25, 0.3) is 16.6 Å². The minimum absolute atomic E-state index is 0.0302. The van der Waals surface area contributed by atoms with Gasteiger partial charge in [0, 0.05) is 23.7 Å². The summed E-state index contributed by atoms with van der Waals surface area (Å²) in [5.74, 6) is -1.80. The first-order valence-electron chi connectivity index (χ1n) is 10.2. The summed E-state index contributed by atoms with van der Waals surface area (Å²) in [5.41, 5.74) is 0.792. The quantitative estimate of drug-likeness (QED) is 0.430. The van der Waals surface area contributed by atoms with Crippen LogP contribution in [0, 0.1) is 11.6 Å². The van der Waals surface area contributed by atoms with Crippen LogP contribution in [0.3, 0.4) is 0 Å². The molecular weight excluding hydrogens is 489 g/mol. The second-order valence-corrected chi connectivity index (χ2v) is 8.33. The number of hydrogen-bond donors (Lipinski definition) is 1. The fourth-order valence-corrected chi connectivity index (χ4v) is 4.35. The van der Waals surface area contributed by atoms with E-state index in [1.807, 2.05) is 0 Å². The molecule has 4 aromatic rings. The van der Waals surface area contributed by atoms with Crippen molar-refractivity contribution in [2.24, 2.45) is 0 Å². The Balaban J connectivity index is 1.74. The Kier molecular flexibility index (Phi) is 6.18. The van der Waals surface area contributed by atoms with Crippen LogP contribution < -0.4 is 15.6 Å². The highest BCUT2D eigenvalue weighted by Crippen LogP contribution is 2.37. The average molecular weight is 505 g/mol. The summed E-state index contributed by atoms with van der Waals surface area (Å²) in [4.78, 5) is 16.7. The molecule has 1 N–H and O–H groups in total. The Bertz CT molecular complexity index is 1440. The molecule has 34 heavy (non-hydrogen) atoms. The van der Waals surface area contributed by atoms with Crippen molar-refractivity contribution in [1.29, 1.82) is 0 Å². The summed E-state index contributed by atoms with van der Waals surface area (Å²) >= 11 is 12.8. The standard InChI is InChI=1S/C23H16Cl2F2N4O3/c24-14-2-1-3-15(25)20(14)21-18-9-13(17-10-33-7-6-28-17)23(30-31(18)11-29-22(21)32)34-19-5-4-12(26)8-16(19)27/h1-5,8-9,11,17,28H,6-7,10H2. The van der Waals surface area contributed by atoms with Gasteiger partial charge in [0.05, 0.1) is 40.4 Å². The van der Waals surface area contributed by atoms with Crippen LogP contribution in [0.1, 0.15) is 11.6 Å². The molecule has 0 spiro atoms. The van der Waals surface area contributed by atoms with Gasteiger partial charge in [-0.05, 0) is 30.3 Å². The van der Waals surface area contributed by atoms with Gasteiger partial charge in [-0.3, -0.25) is 4.79 Å². The number of fused-ring (bicyclic) bond motifs is 1. The minimum Gasteiger partial charge on any atom is -0.434 e. The van der Waals surface area contributed by atoms with Crippen LogP contribution in [0.4, 0.5) is 8.78 Å². The summed E-state index contributed by atoms with van der Waals surface area (Å²) in [6, 6.07) is 9.17. The molecule has 0 saturated carbocycles. The average Bonchev–Trinajstić information content (AvgIpc) is 2.82. The van der Waals surface area contributed by atoms with E-state index in [-0.39, 0.29) is 39.9 Å². The molecule has 2 aromatic heterocycles. The van der Waals surface area contributed by atoms with E-state index in [4.69, 9.17) is 32.7 Å². The normalized spacial score (nSPS) is 16.1. The molecule has 0 aliphatic carbocycles. The first kappa shape index (κ1) is 22.7. The van der Waals surface area contributed by atoms with Crippen molar-refractivity contribution < 1.29 is 18.3 Å². The number of nitrogens with one attached hydrogen (secondary N) is 1. The molecule has 1 unspecified atom stereocenters. The zero-order valence-corrected chi connectivity index (χ0v) is 18.9. The number of ether oxygens (including phenoxy) is 2. The molecule has 1 aliphatic heterocycles. The largest absolute Gasteiger partial charge is 0.434 e. The number of hydrogen-bond acceptors (Lipinski definition) is 6. The van der Waals surface area contributed by atoms with Crippen molar-refractivity contribution in [2.45, 2.75) is 6.04 Å². The summed E-state index contributed by atoms with van der Waals surface area (Å²) < 4.78 is 40.4. The zero-order chi connectivity index (χ0) is 23.8. The molecule has 1 atom stereocenters. The fraction of sp³-hybridized carbons (Fsp3) is 0.174. The predicted octanol–water partition coefficient (Wildman–Crippen LogP) is 4.79. The number of halogens is 4. The van der Waals surface area contributed by atoms with Crippen LogP contribution in [-0.2, 0) is 4.74 Å². The molecule has 1 fully saturated rings. The molecule has 174 valence electrons. The van der Waals surface area contributed by atoms with Crippen LogP contribution >= 0.6 is 23.2 Å². The number of morpholine rings is 1. The Labute approximate surface area is 201 Å². The lowest BCUT2D eigenvalue weighted by Gasteiger charge is -2.26. The zero-order valence-electron chi connectivity index (χ0n) is 17.4. The van der Waals surface area contributed by atoms with Crippen LogP contribution in [-0.4, -0.2) is 34.4 Å². The molecule has 0 amide bonds. The van der Waals surface area contributed by atoms with E-state index in [0.717, 1.165) is 6.07 Å². The van der Waals surface area contributed by atoms with Crippen molar-refractivity contribution in [3.63, 3.8) is 0 Å². The lowest BCUT2D eigenvalue weighted by atomic mass is 10.0. The number of rotatable bonds is 4. The first-order valence-corrected chi connectivity index (χ1v) is 11.0. The van der Waals surface area contributed by atoms with E-state index in [0.29, 0.717) is 35.9 Å². The SMILES string of the molecule is O=c1ncn2nc(Oc3ccc(F)cc3F)c(C3COCCN3)cc2c1-c1c(Cl)cccc1Cl. The second-order valence-electron chi connectivity index (χ2n) is 7.51. The first-order chi connectivity index (χ1) is 16.4. The van der Waals surface area contributed by atoms with Crippen molar-refractivity contribution in [1.82, 2.24) is 19.9 Å². The molecule has 5 rings (SSSR count). The smallest absolute Gasteiger partial charge is 0.281 e. The Morgan fingerprint density at radius 2 is 1.91 bits per heavy atom. The summed E-state index contributed by atoms with van der Waals surface area (Å²) in [6.45, 7) is 1.37. The molecular formula is C23H16Cl2F2N4O3. The van der Waals surface area contributed by atoms with Crippen molar-refractivity contribution in [2.75, 3.05) is 19.8 Å². The van der Waals surface area contributed by atoms with E-state index in [9.17, 15) is 13.6 Å². The van der Waals surface area contributed by atoms with E-state index in [1.165, 1.54) is 16.9 Å². The number of benzene rings is 2. The molecule has 11 heteroatoms. The highest BCUT2D eigenvalue weighted by molar-refractivity contribution is 6.39. The van der Waals surface area contributed by atoms with E-state index in [1.54, 1.807) is 24.3 Å². The van der Waals surface area contributed by atoms with Crippen LogP contribution in [0.5, 0.6) is 11.6 Å². The fourth-order valence-electron chi connectivity index (χ4n) is 3.77. The molecule has 1 saturated heterocycles. The summed E-state index contributed by atoms with van der Waals surface area (Å²) in [7, 11) is 0. The van der Waals surface area contributed by atoms with Gasteiger partial charge in [-0.1, -0.05) is 29.3 Å². The third-order valence-electron chi connectivity index (χ3n) is 5.35. The molecule has 0 bridgehead atoms. The lowest BCUT2D eigenvalue weighted by molar-refractivity contribution is 0.0759. The maximum atomic E-state index is 14.3. The van der Waals surface area contributed by atoms with Gasteiger partial charge in [0.1, 0.15) is 12.1 Å². The second kappa shape index (κ2) is 9.27. The minimum atomic E-state index is -0.887. The van der Waals surface area contributed by atoms with Gasteiger partial charge in [-0.15, -0.1) is 5.10 Å². The molecule has 7 nitrogen and oxygen atoms in total. The highest BCUT2D eigenvalue weighted by atomic mass is 35.5. The Morgan fingerprint density at radius 3 is 2.62 bits per heavy atom. The van der Waals surface area contributed by atoms with Gasteiger partial charge in [-0.25, -0.2) is 13.3 Å². The van der Waals surface area contributed by atoms with Gasteiger partial charge in [0.15, 0.2) is 11.6 Å². The van der Waals surface area contributed by atoms with Gasteiger partial charge in [0.25, 0.3) is 5.56 Å². The Hall–Kier alpha value is -3.11. The number of nitrogens with zero attached hydrogens (tertiary/aromatic N) is 3. The molecule has 2 aromatic carbocycles. The lowest BCUT2D eigenvalue weighted by Crippen LogP contribution is -2.35. The van der Waals surface area contributed by atoms with Crippen molar-refractivity contribution in [3.05, 3.63) is 86.4 Å². The maximum Gasteiger partial charge on any atom is 0.281 e. The molecule has 0 radical (unpaired) electrons. The topological polar surface area (TPSA) is 77.8 Å². The third-order valence-corrected chi connectivity index (χ3v) is 5.98. The number of aromatic nitrogens is 3. The Morgan fingerprint density at radius 1 is 1.12 bits per heavy atom. The van der Waals surface area contributed by atoms with Crippen molar-refractivity contribution >= 4 is 28.7 Å². The van der Waals surface area contributed by atoms with E-state index < -0.39 is 17.2 Å². The molecule has 3 heterocycles. The van der Waals surface area contributed by atoms with E-state index >= 15 is 0 Å². The maximum absolute atomic E-state index is 14.3. The van der Waals surface area contributed by atoms with Gasteiger partial charge in [0.2, 0.25) is 5.88 Å². The summed E-state index contributed by atoms with van der Waals surface area (Å²) in [5, 5.41) is 8.28.